The van der Waals surface area contributed by atoms with E-state index in [1.807, 2.05) is 31.2 Å². The van der Waals surface area contributed by atoms with Gasteiger partial charge in [-0.1, -0.05) is 51.0 Å². The second kappa shape index (κ2) is 13.0. The number of aliphatic hydroxyl groups is 1. The van der Waals surface area contributed by atoms with Gasteiger partial charge in [-0.15, -0.1) is 0 Å². The van der Waals surface area contributed by atoms with Gasteiger partial charge in [0.05, 0.1) is 31.4 Å². The van der Waals surface area contributed by atoms with E-state index in [0.29, 0.717) is 30.1 Å². The van der Waals surface area contributed by atoms with E-state index in [-0.39, 0.29) is 24.5 Å². The second-order valence-corrected chi connectivity index (χ2v) is 8.49. The Morgan fingerprint density at radius 3 is 2.34 bits per heavy atom. The minimum atomic E-state index is -0.737. The molecule has 0 saturated carbocycles. The highest BCUT2D eigenvalue weighted by molar-refractivity contribution is 6.46. The topological polar surface area (TPSA) is 85.3 Å². The predicted molar refractivity (Wildman–Crippen MR) is 135 cm³/mol. The molecule has 35 heavy (non-hydrogen) atoms. The van der Waals surface area contributed by atoms with Gasteiger partial charge in [-0.05, 0) is 42.7 Å². The van der Waals surface area contributed by atoms with Crippen molar-refractivity contribution in [1.82, 2.24) is 4.90 Å². The van der Waals surface area contributed by atoms with E-state index >= 15 is 0 Å². The van der Waals surface area contributed by atoms with Crippen molar-refractivity contribution < 1.29 is 28.9 Å². The van der Waals surface area contributed by atoms with Crippen molar-refractivity contribution in [1.29, 1.82) is 0 Å². The zero-order valence-corrected chi connectivity index (χ0v) is 20.8. The number of likely N-dealkylation sites (tertiary alicyclic amines) is 1. The van der Waals surface area contributed by atoms with E-state index in [9.17, 15) is 14.7 Å². The molecule has 0 radical (unpaired) electrons. The number of ketones is 1. The number of aliphatic hydroxyl groups excluding tert-OH is 1. The standard InChI is InChI=1S/C28H35NO6/c1-4-6-7-17-35-22-13-11-20(12-14-22)25-24(27(31)28(32)29(25)15-18-33-3)26(30)21-9-8-10-23(19-21)34-16-5-2/h8-14,19,25,30H,4-7,15-18H2,1-3H3/b26-24+. The maximum atomic E-state index is 13.1. The first-order valence-corrected chi connectivity index (χ1v) is 12.2. The first kappa shape index (κ1) is 26.3. The molecule has 0 aromatic heterocycles. The average molecular weight is 482 g/mol. The van der Waals surface area contributed by atoms with Crippen LogP contribution in [0.3, 0.4) is 0 Å². The summed E-state index contributed by atoms with van der Waals surface area (Å²) in [4.78, 5) is 27.5. The maximum Gasteiger partial charge on any atom is 0.295 e. The predicted octanol–water partition coefficient (Wildman–Crippen LogP) is 5.11. The number of Topliss-reactive ketones (excluding diaryl/α,β-unsaturated/α-hetero) is 1. The monoisotopic (exact) mass is 481 g/mol. The summed E-state index contributed by atoms with van der Waals surface area (Å²) < 4.78 is 16.7. The van der Waals surface area contributed by atoms with Gasteiger partial charge in [-0.25, -0.2) is 0 Å². The summed E-state index contributed by atoms with van der Waals surface area (Å²) >= 11 is 0. The second-order valence-electron chi connectivity index (χ2n) is 8.49. The number of benzene rings is 2. The van der Waals surface area contributed by atoms with Crippen LogP contribution in [0, 0.1) is 0 Å². The van der Waals surface area contributed by atoms with E-state index < -0.39 is 17.7 Å². The quantitative estimate of drug-likeness (QED) is 0.185. The van der Waals surface area contributed by atoms with Gasteiger partial charge in [-0.3, -0.25) is 9.59 Å². The number of methoxy groups -OCH3 is 1. The minimum absolute atomic E-state index is 0.0513. The molecule has 0 aliphatic carbocycles. The van der Waals surface area contributed by atoms with Crippen LogP contribution in [0.25, 0.3) is 5.76 Å². The molecule has 1 aliphatic rings. The highest BCUT2D eigenvalue weighted by atomic mass is 16.5. The lowest BCUT2D eigenvalue weighted by Gasteiger charge is -2.25. The molecule has 7 heteroatoms. The molecule has 1 atom stereocenters. The number of hydrogen-bond acceptors (Lipinski definition) is 6. The fourth-order valence-electron chi connectivity index (χ4n) is 4.04. The first-order valence-electron chi connectivity index (χ1n) is 12.2. The molecule has 1 aliphatic heterocycles. The van der Waals surface area contributed by atoms with Crippen LogP contribution >= 0.6 is 0 Å². The zero-order valence-electron chi connectivity index (χ0n) is 20.8. The Hall–Kier alpha value is -3.32. The van der Waals surface area contributed by atoms with Crippen LogP contribution < -0.4 is 9.47 Å². The molecule has 188 valence electrons. The molecule has 1 amide bonds. The smallest absolute Gasteiger partial charge is 0.295 e. The summed E-state index contributed by atoms with van der Waals surface area (Å²) in [5.74, 6) is -0.296. The third kappa shape index (κ3) is 6.42. The van der Waals surface area contributed by atoms with E-state index in [4.69, 9.17) is 14.2 Å². The van der Waals surface area contributed by atoms with Crippen LogP contribution in [0.15, 0.2) is 54.1 Å². The molecule has 7 nitrogen and oxygen atoms in total. The van der Waals surface area contributed by atoms with Crippen molar-refractivity contribution in [3.63, 3.8) is 0 Å². The van der Waals surface area contributed by atoms with E-state index in [0.717, 1.165) is 31.4 Å². The number of carbonyl (C=O) groups is 2. The normalized spacial score (nSPS) is 17.1. The van der Waals surface area contributed by atoms with E-state index in [1.54, 1.807) is 24.3 Å². The summed E-state index contributed by atoms with van der Waals surface area (Å²) in [6, 6.07) is 13.5. The molecule has 2 aromatic rings. The summed E-state index contributed by atoms with van der Waals surface area (Å²) in [6.45, 7) is 5.81. The van der Waals surface area contributed by atoms with E-state index in [2.05, 4.69) is 6.92 Å². The third-order valence-electron chi connectivity index (χ3n) is 5.87. The Labute approximate surface area is 207 Å². The fourth-order valence-corrected chi connectivity index (χ4v) is 4.04. The number of carbonyl (C=O) groups excluding carboxylic acids is 2. The Kier molecular flexibility index (Phi) is 9.73. The molecule has 0 bridgehead atoms. The van der Waals surface area contributed by atoms with Gasteiger partial charge in [0.1, 0.15) is 17.3 Å². The lowest BCUT2D eigenvalue weighted by atomic mass is 9.95. The lowest BCUT2D eigenvalue weighted by molar-refractivity contribution is -0.140. The van der Waals surface area contributed by atoms with Crippen molar-refractivity contribution in [2.24, 2.45) is 0 Å². The van der Waals surface area contributed by atoms with Crippen LogP contribution in [-0.4, -0.2) is 55.2 Å². The number of amides is 1. The van der Waals surface area contributed by atoms with Crippen LogP contribution in [0.5, 0.6) is 11.5 Å². The van der Waals surface area contributed by atoms with Crippen LogP contribution in [-0.2, 0) is 14.3 Å². The fraction of sp³-hybridized carbons (Fsp3) is 0.429. The third-order valence-corrected chi connectivity index (χ3v) is 5.87. The molecule has 2 aromatic carbocycles. The van der Waals surface area contributed by atoms with Gasteiger partial charge in [0.25, 0.3) is 11.7 Å². The van der Waals surface area contributed by atoms with Crippen LogP contribution in [0.4, 0.5) is 0 Å². The van der Waals surface area contributed by atoms with Crippen molar-refractivity contribution in [2.75, 3.05) is 33.5 Å². The molecule has 3 rings (SSSR count). The van der Waals surface area contributed by atoms with Gasteiger partial charge < -0.3 is 24.2 Å². The largest absolute Gasteiger partial charge is 0.507 e. The minimum Gasteiger partial charge on any atom is -0.507 e. The number of rotatable bonds is 13. The van der Waals surface area contributed by atoms with Crippen LogP contribution in [0.2, 0.25) is 0 Å². The number of hydrogen-bond donors (Lipinski definition) is 1. The molecular formula is C28H35NO6. The highest BCUT2D eigenvalue weighted by Crippen LogP contribution is 2.40. The lowest BCUT2D eigenvalue weighted by Crippen LogP contribution is -2.32. The Morgan fingerprint density at radius 1 is 0.914 bits per heavy atom. The summed E-state index contributed by atoms with van der Waals surface area (Å²) in [6.07, 6.45) is 4.06. The van der Waals surface area contributed by atoms with Gasteiger partial charge in [-0.2, -0.15) is 0 Å². The van der Waals surface area contributed by atoms with Gasteiger partial charge in [0, 0.05) is 19.2 Å². The van der Waals surface area contributed by atoms with Crippen molar-refractivity contribution in [3.8, 4) is 11.5 Å². The average Bonchev–Trinajstić information content (AvgIpc) is 3.13. The van der Waals surface area contributed by atoms with E-state index in [1.165, 1.54) is 12.0 Å². The van der Waals surface area contributed by atoms with Crippen molar-refractivity contribution in [2.45, 2.75) is 45.6 Å². The Balaban J connectivity index is 1.97. The summed E-state index contributed by atoms with van der Waals surface area (Å²) in [5, 5.41) is 11.2. The molecule has 1 N–H and O–H groups in total. The van der Waals surface area contributed by atoms with Gasteiger partial charge >= 0.3 is 0 Å². The number of unbranched alkanes of at least 4 members (excludes halogenated alkanes) is 2. The Bertz CT molecular complexity index is 1030. The van der Waals surface area contributed by atoms with Gasteiger partial charge in [0.15, 0.2) is 0 Å². The summed E-state index contributed by atoms with van der Waals surface area (Å²) in [5.41, 5.74) is 1.18. The molecule has 1 fully saturated rings. The maximum absolute atomic E-state index is 13.1. The molecule has 1 heterocycles. The van der Waals surface area contributed by atoms with Gasteiger partial charge in [0.2, 0.25) is 0 Å². The first-order chi connectivity index (χ1) is 17.0. The highest BCUT2D eigenvalue weighted by Gasteiger charge is 2.45. The molecular weight excluding hydrogens is 446 g/mol. The SMILES string of the molecule is CCCCCOc1ccc(C2/C(=C(\O)c3cccc(OCCC)c3)C(=O)C(=O)N2CCOC)cc1. The summed E-state index contributed by atoms with van der Waals surface area (Å²) in [7, 11) is 1.54. The molecule has 1 unspecified atom stereocenters. The zero-order chi connectivity index (χ0) is 25.2. The Morgan fingerprint density at radius 2 is 1.66 bits per heavy atom. The number of ether oxygens (including phenoxy) is 3. The number of nitrogens with zero attached hydrogens (tertiary/aromatic N) is 1. The molecule has 1 saturated heterocycles. The van der Waals surface area contributed by atoms with Crippen molar-refractivity contribution in [3.05, 3.63) is 65.2 Å². The van der Waals surface area contributed by atoms with Crippen molar-refractivity contribution >= 4 is 17.4 Å². The van der Waals surface area contributed by atoms with Crippen LogP contribution in [0.1, 0.15) is 56.7 Å². The molecule has 0 spiro atoms.